The maximum Gasteiger partial charge on any atom is 0.385 e. The van der Waals surface area contributed by atoms with Crippen LogP contribution in [0.1, 0.15) is 99.6 Å². The van der Waals surface area contributed by atoms with Gasteiger partial charge in [-0.2, -0.15) is 52.7 Å². The van der Waals surface area contributed by atoms with Crippen molar-refractivity contribution in [3.8, 4) is 0 Å². The zero-order valence-corrected chi connectivity index (χ0v) is 25.0. The highest BCUT2D eigenvalue weighted by Crippen LogP contribution is 2.63. The Bertz CT molecular complexity index is 1230. The van der Waals surface area contributed by atoms with Crippen LogP contribution in [-0.2, 0) is 24.7 Å². The molecule has 0 fully saturated rings. The highest BCUT2D eigenvalue weighted by molar-refractivity contribution is 5.59. The fraction of sp³-hybridized carbons (Fsp3) is 0.600. The number of alkyl halides is 12. The number of rotatable bonds is 13. The molecule has 0 saturated carbocycles. The minimum atomic E-state index is -7.71. The second-order valence-corrected chi connectivity index (χ2v) is 11.5. The summed E-state index contributed by atoms with van der Waals surface area (Å²) in [5.74, 6) is -44.0. The van der Waals surface area contributed by atoms with E-state index in [1.165, 1.54) is 27.7 Å². The van der Waals surface area contributed by atoms with Gasteiger partial charge >= 0.3 is 35.5 Å². The Balaban J connectivity index is 2.78. The average Bonchev–Trinajstić information content (AvgIpc) is 2.89. The van der Waals surface area contributed by atoms with Gasteiger partial charge in [0.05, 0.1) is 0 Å². The van der Waals surface area contributed by atoms with Crippen LogP contribution in [-0.4, -0.2) is 23.7 Å². The molecule has 2 aromatic carbocycles. The van der Waals surface area contributed by atoms with Crippen molar-refractivity contribution < 1.29 is 52.7 Å². The molecule has 250 valence electrons. The lowest BCUT2D eigenvalue weighted by Crippen LogP contribution is -2.69. The molecule has 0 bridgehead atoms. The molecular weight excluding hydrogens is 616 g/mol. The molecule has 0 aliphatic heterocycles. The Morgan fingerprint density at radius 2 is 0.773 bits per heavy atom. The van der Waals surface area contributed by atoms with E-state index in [0.29, 0.717) is 0 Å². The predicted octanol–water partition coefficient (Wildman–Crippen LogP) is 10.4. The molecule has 2 rings (SSSR count). The van der Waals surface area contributed by atoms with Gasteiger partial charge in [0.25, 0.3) is 0 Å². The van der Waals surface area contributed by atoms with Crippen LogP contribution in [0.5, 0.6) is 0 Å². The molecule has 44 heavy (non-hydrogen) atoms. The smallest absolute Gasteiger partial charge is 0.385 e. The normalized spacial score (nSPS) is 14.2. The molecule has 0 aliphatic carbocycles. The largest absolute Gasteiger partial charge is 0.398 e. The monoisotopic (exact) mass is 652 g/mol. The van der Waals surface area contributed by atoms with Crippen LogP contribution in [0.25, 0.3) is 0 Å². The Morgan fingerprint density at radius 3 is 1.00 bits per heavy atom. The summed E-state index contributed by atoms with van der Waals surface area (Å²) in [6.07, 6.45) is 0.203. The first-order chi connectivity index (χ1) is 19.8. The number of benzene rings is 2. The number of hydrogen-bond donors (Lipinski definition) is 2. The second kappa shape index (κ2) is 12.2. The van der Waals surface area contributed by atoms with Crippen LogP contribution in [0.4, 0.5) is 64.1 Å². The van der Waals surface area contributed by atoms with Crippen LogP contribution < -0.4 is 11.5 Å². The third-order valence-electron chi connectivity index (χ3n) is 7.57. The van der Waals surface area contributed by atoms with Crippen molar-refractivity contribution in [2.75, 3.05) is 11.5 Å². The Kier molecular flexibility index (Phi) is 10.4. The fourth-order valence-corrected chi connectivity index (χ4v) is 4.90. The summed E-state index contributed by atoms with van der Waals surface area (Å²) in [5, 5.41) is 0. The standard InChI is InChI=1S/C30H36F12N2/c1-7-9-17-11-19(13-21(15(3)4)23(17)43)25(31,32)27(35,36)29(39,40)30(41,42)28(37,38)26(33,34)20-12-18(10-8-2)24(44)22(14-20)16(5)6/h11-16H,7-10,43-44H2,1-6H3. The molecule has 0 spiro atoms. The van der Waals surface area contributed by atoms with Crippen LogP contribution in [0.3, 0.4) is 0 Å². The number of anilines is 2. The third-order valence-corrected chi connectivity index (χ3v) is 7.57. The fourth-order valence-electron chi connectivity index (χ4n) is 4.90. The molecule has 2 nitrogen and oxygen atoms in total. The second-order valence-electron chi connectivity index (χ2n) is 11.5. The molecule has 0 heterocycles. The van der Waals surface area contributed by atoms with Crippen molar-refractivity contribution in [1.82, 2.24) is 0 Å². The Morgan fingerprint density at radius 1 is 0.500 bits per heavy atom. The molecule has 0 amide bonds. The van der Waals surface area contributed by atoms with E-state index in [1.54, 1.807) is 13.8 Å². The van der Waals surface area contributed by atoms with Crippen LogP contribution in [0.15, 0.2) is 24.3 Å². The molecule has 4 N–H and O–H groups in total. The van der Waals surface area contributed by atoms with E-state index in [0.717, 1.165) is 0 Å². The average molecular weight is 653 g/mol. The molecule has 0 saturated heterocycles. The maximum atomic E-state index is 15.2. The number of aryl methyl sites for hydroxylation is 2. The summed E-state index contributed by atoms with van der Waals surface area (Å²) in [6.45, 7) is 8.64. The predicted molar refractivity (Wildman–Crippen MR) is 145 cm³/mol. The van der Waals surface area contributed by atoms with Crippen LogP contribution >= 0.6 is 0 Å². The van der Waals surface area contributed by atoms with Gasteiger partial charge in [-0.1, -0.05) is 54.4 Å². The van der Waals surface area contributed by atoms with E-state index < -0.39 is 58.5 Å². The Hall–Kier alpha value is -2.80. The number of halogens is 12. The van der Waals surface area contributed by atoms with Gasteiger partial charge < -0.3 is 11.5 Å². The zero-order chi connectivity index (χ0) is 34.4. The first kappa shape index (κ1) is 37.4. The van der Waals surface area contributed by atoms with Crippen molar-refractivity contribution in [2.24, 2.45) is 0 Å². The number of nitrogens with two attached hydrogens (primary N) is 2. The summed E-state index contributed by atoms with van der Waals surface area (Å²) in [4.78, 5) is 0. The van der Waals surface area contributed by atoms with Gasteiger partial charge in [-0.25, -0.2) is 0 Å². The summed E-state index contributed by atoms with van der Waals surface area (Å²) in [5.41, 5.74) is 6.80. The summed E-state index contributed by atoms with van der Waals surface area (Å²) >= 11 is 0. The van der Waals surface area contributed by atoms with E-state index >= 15 is 35.1 Å². The SMILES string of the molecule is CCCc1cc(C(F)(F)C(F)(F)C(F)(F)C(F)(F)C(F)(F)C(F)(F)c2cc(CCC)c(N)c(C(C)C)c2)cc(C(C)C)c1N. The van der Waals surface area contributed by atoms with Gasteiger partial charge in [0, 0.05) is 22.5 Å². The van der Waals surface area contributed by atoms with Gasteiger partial charge in [0.2, 0.25) is 0 Å². The van der Waals surface area contributed by atoms with Gasteiger partial charge in [0.15, 0.2) is 0 Å². The van der Waals surface area contributed by atoms with Crippen molar-refractivity contribution in [2.45, 2.75) is 115 Å². The molecule has 14 heteroatoms. The lowest BCUT2D eigenvalue weighted by Gasteiger charge is -2.41. The highest BCUT2D eigenvalue weighted by atomic mass is 19.4. The minimum Gasteiger partial charge on any atom is -0.398 e. The van der Waals surface area contributed by atoms with Crippen LogP contribution in [0.2, 0.25) is 0 Å². The van der Waals surface area contributed by atoms with E-state index in [-0.39, 0.29) is 83.6 Å². The third kappa shape index (κ3) is 5.70. The lowest BCUT2D eigenvalue weighted by molar-refractivity contribution is -0.429. The molecule has 0 atom stereocenters. The molecule has 2 aromatic rings. The minimum absolute atomic E-state index is 0.113. The highest BCUT2D eigenvalue weighted by Gasteiger charge is 2.90. The first-order valence-corrected chi connectivity index (χ1v) is 13.9. The van der Waals surface area contributed by atoms with Gasteiger partial charge in [0.1, 0.15) is 0 Å². The first-order valence-electron chi connectivity index (χ1n) is 13.9. The van der Waals surface area contributed by atoms with Crippen molar-refractivity contribution in [3.05, 3.63) is 57.6 Å². The van der Waals surface area contributed by atoms with E-state index in [2.05, 4.69) is 0 Å². The van der Waals surface area contributed by atoms with Gasteiger partial charge in [-0.05, 0) is 71.2 Å². The zero-order valence-electron chi connectivity index (χ0n) is 25.0. The maximum absolute atomic E-state index is 15.2. The summed E-state index contributed by atoms with van der Waals surface area (Å²) < 4.78 is 181. The number of nitrogen functional groups attached to an aromatic ring is 2. The van der Waals surface area contributed by atoms with Crippen molar-refractivity contribution in [1.29, 1.82) is 0 Å². The quantitative estimate of drug-likeness (QED) is 0.167. The summed E-state index contributed by atoms with van der Waals surface area (Å²) in [6, 6.07) is 1.14. The molecule has 0 aliphatic rings. The molecular formula is C30H36F12N2. The molecule has 0 unspecified atom stereocenters. The van der Waals surface area contributed by atoms with Gasteiger partial charge in [-0.3, -0.25) is 0 Å². The lowest BCUT2D eigenvalue weighted by atomic mass is 9.84. The number of hydrogen-bond acceptors (Lipinski definition) is 2. The van der Waals surface area contributed by atoms with Crippen LogP contribution in [0, 0.1) is 0 Å². The molecule has 0 aromatic heterocycles. The van der Waals surface area contributed by atoms with E-state index in [9.17, 15) is 17.6 Å². The molecule has 0 radical (unpaired) electrons. The van der Waals surface area contributed by atoms with Gasteiger partial charge in [-0.15, -0.1) is 0 Å². The summed E-state index contributed by atoms with van der Waals surface area (Å²) in [7, 11) is 0. The van der Waals surface area contributed by atoms with Crippen molar-refractivity contribution in [3.63, 3.8) is 0 Å². The Labute approximate surface area is 248 Å². The van der Waals surface area contributed by atoms with E-state index in [1.807, 2.05) is 0 Å². The van der Waals surface area contributed by atoms with Crippen molar-refractivity contribution >= 4 is 11.4 Å². The topological polar surface area (TPSA) is 52.0 Å². The van der Waals surface area contributed by atoms with E-state index in [4.69, 9.17) is 11.5 Å².